The van der Waals surface area contributed by atoms with E-state index in [-0.39, 0.29) is 11.5 Å². The molecule has 2 aromatic heterocycles. The van der Waals surface area contributed by atoms with E-state index < -0.39 is 0 Å². The lowest BCUT2D eigenvalue weighted by Crippen LogP contribution is -2.48. The summed E-state index contributed by atoms with van der Waals surface area (Å²) in [4.78, 5) is 35.1. The molecule has 1 aromatic carbocycles. The first kappa shape index (κ1) is 20.5. The predicted molar refractivity (Wildman–Crippen MR) is 120 cm³/mol. The summed E-state index contributed by atoms with van der Waals surface area (Å²) in [6.07, 6.45) is 1.82. The van der Waals surface area contributed by atoms with Crippen molar-refractivity contribution in [2.45, 2.75) is 19.5 Å². The Balaban J connectivity index is 1.32. The highest BCUT2D eigenvalue weighted by Crippen LogP contribution is 2.23. The maximum absolute atomic E-state index is 12.6. The summed E-state index contributed by atoms with van der Waals surface area (Å²) < 4.78 is 3.16. The highest BCUT2D eigenvalue weighted by Gasteiger charge is 2.21. The molecule has 0 unspecified atom stereocenters. The Labute approximate surface area is 185 Å². The van der Waals surface area contributed by atoms with Crippen molar-refractivity contribution in [2.24, 2.45) is 0 Å². The molecular formula is C20H20BrClN4O2S. The van der Waals surface area contributed by atoms with Crippen LogP contribution in [0.4, 0.5) is 0 Å². The first-order chi connectivity index (χ1) is 14.0. The maximum Gasteiger partial charge on any atom is 0.261 e. The van der Waals surface area contributed by atoms with Gasteiger partial charge in [-0.1, -0.05) is 27.5 Å². The standard InChI is InChI=1S/C20H20BrClN4O2S/c21-14-1-3-17-16(11-14)20(28)26(13-23-17)6-5-19(27)25-9-7-24(8-10-25)12-15-2-4-18(22)29-15/h1-4,11,13H,5-10,12H2. The number of rotatable bonds is 5. The van der Waals surface area contributed by atoms with E-state index in [2.05, 4.69) is 31.9 Å². The molecular weight excluding hydrogens is 476 g/mol. The number of amides is 1. The number of carbonyl (C=O) groups excluding carboxylic acids is 1. The van der Waals surface area contributed by atoms with Gasteiger partial charge in [0.25, 0.3) is 5.56 Å². The van der Waals surface area contributed by atoms with Crippen molar-refractivity contribution in [2.75, 3.05) is 26.2 Å². The average molecular weight is 496 g/mol. The summed E-state index contributed by atoms with van der Waals surface area (Å²) in [5.74, 6) is 0.0741. The zero-order valence-electron chi connectivity index (χ0n) is 15.7. The minimum absolute atomic E-state index is 0.0741. The van der Waals surface area contributed by atoms with E-state index in [1.54, 1.807) is 23.5 Å². The number of aromatic nitrogens is 2. The number of thiophene rings is 1. The molecule has 0 spiro atoms. The molecule has 1 aliphatic rings. The molecule has 3 aromatic rings. The molecule has 1 saturated heterocycles. The van der Waals surface area contributed by atoms with Crippen LogP contribution in [-0.2, 0) is 17.9 Å². The van der Waals surface area contributed by atoms with Crippen LogP contribution in [0.1, 0.15) is 11.3 Å². The smallest absolute Gasteiger partial charge is 0.261 e. The molecule has 29 heavy (non-hydrogen) atoms. The van der Waals surface area contributed by atoms with Crippen molar-refractivity contribution in [1.29, 1.82) is 0 Å². The quantitative estimate of drug-likeness (QED) is 0.543. The second-order valence-electron chi connectivity index (χ2n) is 7.02. The summed E-state index contributed by atoms with van der Waals surface area (Å²) in [5, 5.41) is 0.552. The van der Waals surface area contributed by atoms with Gasteiger partial charge in [-0.05, 0) is 30.3 Å². The van der Waals surface area contributed by atoms with Gasteiger partial charge in [-0.25, -0.2) is 4.98 Å². The van der Waals surface area contributed by atoms with E-state index >= 15 is 0 Å². The number of halogens is 2. The van der Waals surface area contributed by atoms with Gasteiger partial charge in [0.2, 0.25) is 5.91 Å². The second-order valence-corrected chi connectivity index (χ2v) is 9.73. The van der Waals surface area contributed by atoms with Crippen LogP contribution in [0, 0.1) is 0 Å². The van der Waals surface area contributed by atoms with E-state index in [9.17, 15) is 9.59 Å². The minimum Gasteiger partial charge on any atom is -0.340 e. The molecule has 0 atom stereocenters. The second kappa shape index (κ2) is 8.95. The van der Waals surface area contributed by atoms with Crippen molar-refractivity contribution in [3.05, 3.63) is 60.7 Å². The van der Waals surface area contributed by atoms with Gasteiger partial charge >= 0.3 is 0 Å². The fourth-order valence-corrected chi connectivity index (χ4v) is 4.97. The first-order valence-corrected chi connectivity index (χ1v) is 11.4. The van der Waals surface area contributed by atoms with Crippen LogP contribution in [0.3, 0.4) is 0 Å². The summed E-state index contributed by atoms with van der Waals surface area (Å²) in [6.45, 7) is 4.29. The monoisotopic (exact) mass is 494 g/mol. The van der Waals surface area contributed by atoms with Crippen LogP contribution in [-0.4, -0.2) is 51.4 Å². The Kier molecular flexibility index (Phi) is 6.34. The number of carbonyl (C=O) groups is 1. The molecule has 0 N–H and O–H groups in total. The van der Waals surface area contributed by atoms with Crippen LogP contribution >= 0.6 is 38.9 Å². The third-order valence-electron chi connectivity index (χ3n) is 5.09. The lowest BCUT2D eigenvalue weighted by Gasteiger charge is -2.34. The lowest BCUT2D eigenvalue weighted by atomic mass is 10.2. The van der Waals surface area contributed by atoms with Gasteiger partial charge in [-0.3, -0.25) is 19.1 Å². The van der Waals surface area contributed by atoms with Gasteiger partial charge in [0.1, 0.15) is 0 Å². The maximum atomic E-state index is 12.6. The van der Waals surface area contributed by atoms with Crippen LogP contribution in [0.15, 0.2) is 45.9 Å². The van der Waals surface area contributed by atoms with Gasteiger partial charge < -0.3 is 4.90 Å². The van der Waals surface area contributed by atoms with E-state index in [1.165, 1.54) is 15.8 Å². The van der Waals surface area contributed by atoms with Crippen LogP contribution in [0.25, 0.3) is 10.9 Å². The molecule has 0 aliphatic carbocycles. The van der Waals surface area contributed by atoms with Crippen molar-refractivity contribution in [3.8, 4) is 0 Å². The normalized spacial score (nSPS) is 15.2. The van der Waals surface area contributed by atoms with E-state index in [4.69, 9.17) is 11.6 Å². The molecule has 0 bridgehead atoms. The van der Waals surface area contributed by atoms with Crippen LogP contribution in [0.5, 0.6) is 0 Å². The fourth-order valence-electron chi connectivity index (χ4n) is 3.48. The molecule has 3 heterocycles. The Hall–Kier alpha value is -1.74. The topological polar surface area (TPSA) is 58.4 Å². The van der Waals surface area contributed by atoms with Gasteiger partial charge in [0.15, 0.2) is 0 Å². The highest BCUT2D eigenvalue weighted by atomic mass is 79.9. The van der Waals surface area contributed by atoms with Crippen molar-refractivity contribution in [1.82, 2.24) is 19.4 Å². The first-order valence-electron chi connectivity index (χ1n) is 9.38. The molecule has 9 heteroatoms. The molecule has 1 aliphatic heterocycles. The molecule has 4 rings (SSSR count). The number of hydrogen-bond donors (Lipinski definition) is 0. The number of nitrogens with zero attached hydrogens (tertiary/aromatic N) is 4. The third kappa shape index (κ3) is 4.88. The molecule has 1 amide bonds. The number of aryl methyl sites for hydroxylation is 1. The van der Waals surface area contributed by atoms with Crippen LogP contribution < -0.4 is 5.56 Å². The van der Waals surface area contributed by atoms with E-state index in [0.717, 1.165) is 28.4 Å². The summed E-state index contributed by atoms with van der Waals surface area (Å²) in [7, 11) is 0. The number of hydrogen-bond acceptors (Lipinski definition) is 5. The van der Waals surface area contributed by atoms with Crippen molar-refractivity contribution in [3.63, 3.8) is 0 Å². The van der Waals surface area contributed by atoms with Crippen LogP contribution in [0.2, 0.25) is 4.34 Å². The van der Waals surface area contributed by atoms with Gasteiger partial charge in [-0.2, -0.15) is 0 Å². The Morgan fingerprint density at radius 2 is 1.97 bits per heavy atom. The third-order valence-corrected chi connectivity index (χ3v) is 6.80. The molecule has 0 radical (unpaired) electrons. The number of benzene rings is 1. The van der Waals surface area contributed by atoms with E-state index in [0.29, 0.717) is 37.0 Å². The molecule has 152 valence electrons. The highest BCUT2D eigenvalue weighted by molar-refractivity contribution is 9.10. The Morgan fingerprint density at radius 3 is 2.69 bits per heavy atom. The number of fused-ring (bicyclic) bond motifs is 1. The largest absolute Gasteiger partial charge is 0.340 e. The molecule has 0 saturated carbocycles. The summed E-state index contributed by atoms with van der Waals surface area (Å²) in [6, 6.07) is 9.40. The lowest BCUT2D eigenvalue weighted by molar-refractivity contribution is -0.133. The fraction of sp³-hybridized carbons (Fsp3) is 0.350. The predicted octanol–water partition coefficient (Wildman–Crippen LogP) is 3.61. The molecule has 1 fully saturated rings. The van der Waals surface area contributed by atoms with Gasteiger partial charge in [0.05, 0.1) is 21.6 Å². The van der Waals surface area contributed by atoms with E-state index in [1.807, 2.05) is 17.0 Å². The van der Waals surface area contributed by atoms with Crippen molar-refractivity contribution < 1.29 is 4.79 Å². The molecule has 6 nitrogen and oxygen atoms in total. The van der Waals surface area contributed by atoms with Gasteiger partial charge in [-0.15, -0.1) is 11.3 Å². The summed E-state index contributed by atoms with van der Waals surface area (Å²) in [5.41, 5.74) is 0.535. The zero-order chi connectivity index (χ0) is 20.4. The Bertz CT molecular complexity index is 1090. The average Bonchev–Trinajstić information content (AvgIpc) is 3.13. The summed E-state index contributed by atoms with van der Waals surface area (Å²) >= 11 is 11.0. The Morgan fingerprint density at radius 1 is 1.17 bits per heavy atom. The van der Waals surface area contributed by atoms with Crippen molar-refractivity contribution >= 4 is 55.7 Å². The zero-order valence-corrected chi connectivity index (χ0v) is 18.8. The van der Waals surface area contributed by atoms with Gasteiger partial charge in [0, 0.05) is 55.0 Å². The minimum atomic E-state index is -0.122. The number of piperazine rings is 1. The SMILES string of the molecule is O=C(CCn1cnc2ccc(Br)cc2c1=O)N1CCN(Cc2ccc(Cl)s2)CC1.